The molecule has 2 heterocycles. The van der Waals surface area contributed by atoms with Crippen LogP contribution in [0.15, 0.2) is 36.7 Å². The monoisotopic (exact) mass is 376 g/mol. The molecule has 1 aromatic carbocycles. The highest BCUT2D eigenvalue weighted by Gasteiger charge is 2.31. The Balaban J connectivity index is 1.49. The first-order valence-corrected chi connectivity index (χ1v) is 10.4. The maximum atomic E-state index is 12.1. The molecule has 1 amide bonds. The minimum Gasteiger partial charge on any atom is -0.351 e. The van der Waals surface area contributed by atoms with Crippen LogP contribution in [0.2, 0.25) is 0 Å². The van der Waals surface area contributed by atoms with Gasteiger partial charge in [-0.05, 0) is 38.1 Å². The number of hydrogen-bond donors (Lipinski definition) is 1. The molecule has 1 aliphatic heterocycles. The lowest BCUT2D eigenvalue weighted by molar-refractivity contribution is -0.122. The molecular weight excluding hydrogens is 352 g/mol. The molecule has 7 nitrogen and oxygen atoms in total. The second-order valence-corrected chi connectivity index (χ2v) is 8.99. The van der Waals surface area contributed by atoms with E-state index in [1.54, 1.807) is 13.2 Å². The van der Waals surface area contributed by atoms with Crippen molar-refractivity contribution in [3.8, 4) is 5.69 Å². The first-order valence-electron chi connectivity index (χ1n) is 8.61. The van der Waals surface area contributed by atoms with Crippen molar-refractivity contribution >= 4 is 15.7 Å². The van der Waals surface area contributed by atoms with Crippen molar-refractivity contribution in [1.82, 2.24) is 19.8 Å². The number of aryl methyl sites for hydroxylation is 1. The van der Waals surface area contributed by atoms with Gasteiger partial charge in [-0.2, -0.15) is 0 Å². The number of carbonyl (C=O) groups excluding carboxylic acids is 1. The SMILES string of the molecule is Cc1nccn1-c1ccc(CNC(=O)CN(C)[C@H]2CCS(=O)(=O)C2)cc1. The zero-order valence-electron chi connectivity index (χ0n) is 15.1. The number of carbonyl (C=O) groups is 1. The summed E-state index contributed by atoms with van der Waals surface area (Å²) in [6.07, 6.45) is 4.27. The van der Waals surface area contributed by atoms with Gasteiger partial charge in [0.25, 0.3) is 0 Å². The highest BCUT2D eigenvalue weighted by molar-refractivity contribution is 7.91. The Labute approximate surface area is 154 Å². The van der Waals surface area contributed by atoms with Gasteiger partial charge in [-0.3, -0.25) is 9.69 Å². The molecule has 8 heteroatoms. The lowest BCUT2D eigenvalue weighted by Gasteiger charge is -2.22. The van der Waals surface area contributed by atoms with Gasteiger partial charge in [0.15, 0.2) is 9.84 Å². The fourth-order valence-corrected chi connectivity index (χ4v) is 4.97. The Morgan fingerprint density at radius 3 is 2.65 bits per heavy atom. The summed E-state index contributed by atoms with van der Waals surface area (Å²) >= 11 is 0. The lowest BCUT2D eigenvalue weighted by atomic mass is 10.2. The van der Waals surface area contributed by atoms with E-state index in [1.807, 2.05) is 46.9 Å². The van der Waals surface area contributed by atoms with Crippen LogP contribution in [-0.2, 0) is 21.2 Å². The molecule has 0 radical (unpaired) electrons. The van der Waals surface area contributed by atoms with Gasteiger partial charge in [0, 0.05) is 30.7 Å². The van der Waals surface area contributed by atoms with Crippen molar-refractivity contribution in [2.24, 2.45) is 0 Å². The molecule has 0 bridgehead atoms. The molecule has 0 unspecified atom stereocenters. The maximum absolute atomic E-state index is 12.1. The molecule has 1 saturated heterocycles. The maximum Gasteiger partial charge on any atom is 0.234 e. The van der Waals surface area contributed by atoms with Gasteiger partial charge in [-0.15, -0.1) is 0 Å². The van der Waals surface area contributed by atoms with Crippen LogP contribution in [0, 0.1) is 6.92 Å². The fraction of sp³-hybridized carbons (Fsp3) is 0.444. The third kappa shape index (κ3) is 4.50. The van der Waals surface area contributed by atoms with Crippen LogP contribution in [0.25, 0.3) is 5.69 Å². The predicted molar refractivity (Wildman–Crippen MR) is 99.8 cm³/mol. The van der Waals surface area contributed by atoms with Crippen LogP contribution in [0.3, 0.4) is 0 Å². The van der Waals surface area contributed by atoms with Crippen molar-refractivity contribution < 1.29 is 13.2 Å². The van der Waals surface area contributed by atoms with E-state index in [9.17, 15) is 13.2 Å². The van der Waals surface area contributed by atoms with E-state index < -0.39 is 9.84 Å². The second-order valence-electron chi connectivity index (χ2n) is 6.76. The van der Waals surface area contributed by atoms with E-state index in [0.717, 1.165) is 17.1 Å². The standard InChI is InChI=1S/C18H24N4O3S/c1-14-19-8-9-22(14)16-5-3-15(4-6-16)11-20-18(23)12-21(2)17-7-10-26(24,25)13-17/h3-6,8-9,17H,7,10-13H2,1-2H3,(H,20,23)/t17-/m0/s1. The third-order valence-electron chi connectivity index (χ3n) is 4.75. The lowest BCUT2D eigenvalue weighted by Crippen LogP contribution is -2.41. The molecule has 0 saturated carbocycles. The second kappa shape index (κ2) is 7.59. The van der Waals surface area contributed by atoms with Crippen LogP contribution in [0.1, 0.15) is 17.8 Å². The Bertz CT molecular complexity index is 874. The Morgan fingerprint density at radius 1 is 1.35 bits per heavy atom. The number of aromatic nitrogens is 2. The first-order chi connectivity index (χ1) is 12.3. The number of amides is 1. The molecule has 3 rings (SSSR count). The number of imidazole rings is 1. The molecule has 26 heavy (non-hydrogen) atoms. The summed E-state index contributed by atoms with van der Waals surface area (Å²) in [7, 11) is -1.14. The molecule has 0 aliphatic carbocycles. The summed E-state index contributed by atoms with van der Waals surface area (Å²) in [5, 5.41) is 2.89. The molecule has 1 atom stereocenters. The Hall–Kier alpha value is -2.19. The number of sulfone groups is 1. The van der Waals surface area contributed by atoms with E-state index in [-0.39, 0.29) is 30.0 Å². The summed E-state index contributed by atoms with van der Waals surface area (Å²) in [5.74, 6) is 1.17. The zero-order chi connectivity index (χ0) is 18.7. The van der Waals surface area contributed by atoms with Gasteiger partial charge >= 0.3 is 0 Å². The summed E-state index contributed by atoms with van der Waals surface area (Å²) in [6.45, 7) is 2.59. The van der Waals surface area contributed by atoms with E-state index in [4.69, 9.17) is 0 Å². The molecule has 140 valence electrons. The quantitative estimate of drug-likeness (QED) is 0.810. The van der Waals surface area contributed by atoms with Gasteiger partial charge in [0.05, 0.1) is 18.1 Å². The number of benzene rings is 1. The normalized spacial score (nSPS) is 19.0. The number of likely N-dealkylation sites (N-methyl/N-ethyl adjacent to an activating group) is 1. The van der Waals surface area contributed by atoms with E-state index in [0.29, 0.717) is 13.0 Å². The molecule has 1 fully saturated rings. The van der Waals surface area contributed by atoms with Crippen LogP contribution in [0.5, 0.6) is 0 Å². The van der Waals surface area contributed by atoms with Crippen LogP contribution >= 0.6 is 0 Å². The Kier molecular flexibility index (Phi) is 5.43. The van der Waals surface area contributed by atoms with Gasteiger partial charge in [-0.1, -0.05) is 12.1 Å². The molecular formula is C18H24N4O3S. The van der Waals surface area contributed by atoms with E-state index in [2.05, 4.69) is 10.3 Å². The van der Waals surface area contributed by atoms with Crippen molar-refractivity contribution in [3.05, 3.63) is 48.0 Å². The van der Waals surface area contributed by atoms with E-state index in [1.165, 1.54) is 0 Å². The zero-order valence-corrected chi connectivity index (χ0v) is 15.9. The predicted octanol–water partition coefficient (Wildman–Crippen LogP) is 0.916. The molecule has 1 aromatic heterocycles. The van der Waals surface area contributed by atoms with Crippen molar-refractivity contribution in [2.45, 2.75) is 25.9 Å². The van der Waals surface area contributed by atoms with Crippen molar-refractivity contribution in [2.75, 3.05) is 25.1 Å². The highest BCUT2D eigenvalue weighted by atomic mass is 32.2. The van der Waals surface area contributed by atoms with E-state index >= 15 is 0 Å². The smallest absolute Gasteiger partial charge is 0.234 e. The average Bonchev–Trinajstić information content (AvgIpc) is 3.18. The number of hydrogen-bond acceptors (Lipinski definition) is 5. The fourth-order valence-electron chi connectivity index (χ4n) is 3.16. The van der Waals surface area contributed by atoms with Gasteiger partial charge < -0.3 is 9.88 Å². The van der Waals surface area contributed by atoms with Crippen LogP contribution in [0.4, 0.5) is 0 Å². The third-order valence-corrected chi connectivity index (χ3v) is 6.51. The van der Waals surface area contributed by atoms with Gasteiger partial charge in [0.1, 0.15) is 5.82 Å². The summed E-state index contributed by atoms with van der Waals surface area (Å²) < 4.78 is 25.1. The van der Waals surface area contributed by atoms with Crippen LogP contribution in [-0.4, -0.2) is 59.9 Å². The molecule has 1 aliphatic rings. The molecule has 0 spiro atoms. The largest absolute Gasteiger partial charge is 0.351 e. The van der Waals surface area contributed by atoms with Crippen molar-refractivity contribution in [1.29, 1.82) is 0 Å². The molecule has 1 N–H and O–H groups in total. The summed E-state index contributed by atoms with van der Waals surface area (Å²) in [4.78, 5) is 18.2. The van der Waals surface area contributed by atoms with Gasteiger partial charge in [-0.25, -0.2) is 13.4 Å². The van der Waals surface area contributed by atoms with Crippen molar-refractivity contribution in [3.63, 3.8) is 0 Å². The van der Waals surface area contributed by atoms with Gasteiger partial charge in [0.2, 0.25) is 5.91 Å². The van der Waals surface area contributed by atoms with Crippen LogP contribution < -0.4 is 5.32 Å². The number of rotatable bonds is 6. The summed E-state index contributed by atoms with van der Waals surface area (Å²) in [6, 6.07) is 7.87. The highest BCUT2D eigenvalue weighted by Crippen LogP contribution is 2.16. The summed E-state index contributed by atoms with van der Waals surface area (Å²) in [5.41, 5.74) is 2.03. The number of nitrogens with zero attached hydrogens (tertiary/aromatic N) is 3. The minimum absolute atomic E-state index is 0.0662. The molecule has 2 aromatic rings. The first kappa shape index (κ1) is 18.6. The average molecular weight is 376 g/mol. The Morgan fingerprint density at radius 2 is 2.08 bits per heavy atom. The number of nitrogens with one attached hydrogen (secondary N) is 1. The minimum atomic E-state index is -2.94. The topological polar surface area (TPSA) is 84.3 Å².